The Morgan fingerprint density at radius 1 is 1.54 bits per heavy atom. The van der Waals surface area contributed by atoms with E-state index in [-0.39, 0.29) is 18.4 Å². The zero-order chi connectivity index (χ0) is 8.55. The highest BCUT2D eigenvalue weighted by atomic mass is 35.5. The summed E-state index contributed by atoms with van der Waals surface area (Å²) in [5, 5.41) is 8.60. The highest BCUT2D eigenvalue weighted by Crippen LogP contribution is 2.31. The number of halogens is 1. The minimum Gasteiger partial charge on any atom is -0.491 e. The molecule has 0 bridgehead atoms. The summed E-state index contributed by atoms with van der Waals surface area (Å²) in [6.45, 7) is 0.518. The lowest BCUT2D eigenvalue weighted by atomic mass is 10.1. The van der Waals surface area contributed by atoms with Crippen molar-refractivity contribution in [3.05, 3.63) is 29.3 Å². The number of ether oxygens (including phenoxy) is 1. The maximum Gasteiger partial charge on any atom is 0.125 e. The van der Waals surface area contributed by atoms with E-state index in [0.29, 0.717) is 12.2 Å². The Bertz CT molecular complexity index is 359. The summed E-state index contributed by atoms with van der Waals surface area (Å²) < 4.78 is 5.28. The monoisotopic (exact) mass is 196 g/mol. The third-order valence-electron chi connectivity index (χ3n) is 1.96. The van der Waals surface area contributed by atoms with E-state index in [1.165, 1.54) is 0 Å². The molecule has 0 aromatic heterocycles. The molecule has 0 saturated heterocycles. The molecule has 2 rings (SSSR count). The third kappa shape index (κ3) is 1.59. The van der Waals surface area contributed by atoms with Gasteiger partial charge in [0.1, 0.15) is 12.4 Å². The zero-order valence-corrected chi connectivity index (χ0v) is 7.67. The second kappa shape index (κ2) is 3.65. The normalized spacial score (nSPS) is 18.0. The Hall–Kier alpha value is -1.24. The molecule has 1 aromatic carbocycles. The molecule has 68 valence electrons. The minimum atomic E-state index is -0.0345. The SMILES string of the molecule is Cl.N#Cc1ccc2c(c1)OC[C@@H]2N. The van der Waals surface area contributed by atoms with E-state index in [1.54, 1.807) is 12.1 Å². The molecule has 1 aromatic rings. The topological polar surface area (TPSA) is 59.0 Å². The molecular weight excluding hydrogens is 188 g/mol. The van der Waals surface area contributed by atoms with Gasteiger partial charge in [-0.15, -0.1) is 12.4 Å². The molecule has 1 atom stereocenters. The molecule has 1 aliphatic rings. The van der Waals surface area contributed by atoms with Crippen LogP contribution in [0.25, 0.3) is 0 Å². The minimum absolute atomic E-state index is 0. The van der Waals surface area contributed by atoms with E-state index in [0.717, 1.165) is 11.3 Å². The summed E-state index contributed by atoms with van der Waals surface area (Å²) in [5.74, 6) is 0.751. The fourth-order valence-corrected chi connectivity index (χ4v) is 1.30. The van der Waals surface area contributed by atoms with Gasteiger partial charge in [0.15, 0.2) is 0 Å². The van der Waals surface area contributed by atoms with Crippen molar-refractivity contribution in [3.63, 3.8) is 0 Å². The van der Waals surface area contributed by atoms with Crippen molar-refractivity contribution in [3.8, 4) is 11.8 Å². The molecule has 0 aliphatic carbocycles. The Kier molecular flexibility index (Phi) is 2.76. The second-order valence-corrected chi connectivity index (χ2v) is 2.78. The summed E-state index contributed by atoms with van der Waals surface area (Å²) in [7, 11) is 0. The Morgan fingerprint density at radius 3 is 3.00 bits per heavy atom. The summed E-state index contributed by atoms with van der Waals surface area (Å²) in [6.07, 6.45) is 0. The molecule has 1 aliphatic heterocycles. The van der Waals surface area contributed by atoms with E-state index in [9.17, 15) is 0 Å². The number of nitriles is 1. The quantitative estimate of drug-likeness (QED) is 0.682. The van der Waals surface area contributed by atoms with Crippen LogP contribution in [0.15, 0.2) is 18.2 Å². The number of hydrogen-bond acceptors (Lipinski definition) is 3. The molecule has 1 heterocycles. The highest BCUT2D eigenvalue weighted by molar-refractivity contribution is 5.85. The van der Waals surface area contributed by atoms with Gasteiger partial charge in [-0.25, -0.2) is 0 Å². The van der Waals surface area contributed by atoms with Crippen LogP contribution in [-0.2, 0) is 0 Å². The van der Waals surface area contributed by atoms with E-state index in [1.807, 2.05) is 6.07 Å². The van der Waals surface area contributed by atoms with Crippen LogP contribution in [-0.4, -0.2) is 6.61 Å². The van der Waals surface area contributed by atoms with E-state index >= 15 is 0 Å². The van der Waals surface area contributed by atoms with Gasteiger partial charge in [-0.05, 0) is 12.1 Å². The van der Waals surface area contributed by atoms with Crippen molar-refractivity contribution in [2.75, 3.05) is 6.61 Å². The molecule has 0 saturated carbocycles. The average molecular weight is 197 g/mol. The molecule has 4 heteroatoms. The average Bonchev–Trinajstić information content (AvgIpc) is 2.47. The molecule has 0 amide bonds. The third-order valence-corrected chi connectivity index (χ3v) is 1.96. The predicted octanol–water partition coefficient (Wildman–Crippen LogP) is 1.37. The van der Waals surface area contributed by atoms with Gasteiger partial charge in [0.05, 0.1) is 17.7 Å². The van der Waals surface area contributed by atoms with E-state index < -0.39 is 0 Å². The smallest absolute Gasteiger partial charge is 0.125 e. The molecule has 0 radical (unpaired) electrons. The van der Waals surface area contributed by atoms with Crippen molar-refractivity contribution in [2.24, 2.45) is 5.73 Å². The first-order valence-electron chi connectivity index (χ1n) is 3.73. The number of rotatable bonds is 0. The lowest BCUT2D eigenvalue weighted by molar-refractivity contribution is 0.333. The maximum absolute atomic E-state index is 8.60. The van der Waals surface area contributed by atoms with E-state index in [4.69, 9.17) is 15.7 Å². The van der Waals surface area contributed by atoms with Gasteiger partial charge in [-0.1, -0.05) is 6.07 Å². The first kappa shape index (κ1) is 9.85. The number of nitrogens with two attached hydrogens (primary N) is 1. The van der Waals surface area contributed by atoms with Gasteiger partial charge >= 0.3 is 0 Å². The summed E-state index contributed by atoms with van der Waals surface area (Å²) in [6, 6.07) is 7.35. The molecule has 2 N–H and O–H groups in total. The number of hydrogen-bond donors (Lipinski definition) is 1. The molecular formula is C9H9ClN2O. The number of nitrogens with zero attached hydrogens (tertiary/aromatic N) is 1. The van der Waals surface area contributed by atoms with Crippen LogP contribution in [0.3, 0.4) is 0 Å². The van der Waals surface area contributed by atoms with Crippen molar-refractivity contribution in [1.82, 2.24) is 0 Å². The first-order chi connectivity index (χ1) is 5.81. The summed E-state index contributed by atoms with van der Waals surface area (Å²) in [4.78, 5) is 0. The van der Waals surface area contributed by atoms with Crippen LogP contribution < -0.4 is 10.5 Å². The Morgan fingerprint density at radius 2 is 2.31 bits per heavy atom. The molecule has 0 spiro atoms. The van der Waals surface area contributed by atoms with Crippen molar-refractivity contribution < 1.29 is 4.74 Å². The number of fused-ring (bicyclic) bond motifs is 1. The van der Waals surface area contributed by atoms with Gasteiger partial charge in [-0.3, -0.25) is 0 Å². The summed E-state index contributed by atoms with van der Waals surface area (Å²) in [5.41, 5.74) is 7.34. The van der Waals surface area contributed by atoms with Gasteiger partial charge in [-0.2, -0.15) is 5.26 Å². The fraction of sp³-hybridized carbons (Fsp3) is 0.222. The Labute approximate surface area is 82.5 Å². The lowest BCUT2D eigenvalue weighted by Gasteiger charge is -1.98. The van der Waals surface area contributed by atoms with Crippen LogP contribution in [0.1, 0.15) is 17.2 Å². The van der Waals surface area contributed by atoms with Gasteiger partial charge in [0.25, 0.3) is 0 Å². The van der Waals surface area contributed by atoms with Gasteiger partial charge in [0, 0.05) is 5.56 Å². The van der Waals surface area contributed by atoms with Crippen molar-refractivity contribution in [1.29, 1.82) is 5.26 Å². The standard InChI is InChI=1S/C9H8N2O.ClH/c10-4-6-1-2-7-8(11)5-12-9(7)3-6;/h1-3,8H,5,11H2;1H/t8-;/m0./s1. The van der Waals surface area contributed by atoms with E-state index in [2.05, 4.69) is 6.07 Å². The van der Waals surface area contributed by atoms with Crippen molar-refractivity contribution in [2.45, 2.75) is 6.04 Å². The lowest BCUT2D eigenvalue weighted by Crippen LogP contribution is -2.10. The van der Waals surface area contributed by atoms with Gasteiger partial charge < -0.3 is 10.5 Å². The van der Waals surface area contributed by atoms with Crippen LogP contribution in [0.5, 0.6) is 5.75 Å². The Balaban J connectivity index is 0.000000845. The molecule has 13 heavy (non-hydrogen) atoms. The molecule has 0 unspecified atom stereocenters. The fourth-order valence-electron chi connectivity index (χ4n) is 1.30. The zero-order valence-electron chi connectivity index (χ0n) is 6.86. The second-order valence-electron chi connectivity index (χ2n) is 2.78. The van der Waals surface area contributed by atoms with Crippen molar-refractivity contribution >= 4 is 12.4 Å². The largest absolute Gasteiger partial charge is 0.491 e. The van der Waals surface area contributed by atoms with Crippen LogP contribution in [0.2, 0.25) is 0 Å². The first-order valence-corrected chi connectivity index (χ1v) is 3.73. The number of benzene rings is 1. The summed E-state index contributed by atoms with van der Waals surface area (Å²) >= 11 is 0. The van der Waals surface area contributed by atoms with Crippen LogP contribution in [0, 0.1) is 11.3 Å². The maximum atomic E-state index is 8.60. The predicted molar refractivity (Wildman–Crippen MR) is 50.8 cm³/mol. The molecule has 0 fully saturated rings. The van der Waals surface area contributed by atoms with Crippen LogP contribution in [0.4, 0.5) is 0 Å². The highest BCUT2D eigenvalue weighted by Gasteiger charge is 2.20. The molecule has 3 nitrogen and oxygen atoms in total. The van der Waals surface area contributed by atoms with Gasteiger partial charge in [0.2, 0.25) is 0 Å². The van der Waals surface area contributed by atoms with Crippen LogP contribution >= 0.6 is 12.4 Å².